The normalized spacial score (nSPS) is 10.8. The molecule has 0 aliphatic heterocycles. The van der Waals surface area contributed by atoms with E-state index >= 15 is 0 Å². The minimum atomic E-state index is -0.867. The second-order valence-electron chi connectivity index (χ2n) is 4.02. The molecular formula is C14H7F3N2O. The maximum atomic E-state index is 13.5. The first kappa shape index (κ1) is 12.4. The molecule has 6 heteroatoms. The van der Waals surface area contributed by atoms with Crippen molar-refractivity contribution in [1.82, 2.24) is 9.97 Å². The monoisotopic (exact) mass is 276 g/mol. The molecule has 0 aliphatic carbocycles. The van der Waals surface area contributed by atoms with Crippen LogP contribution in [-0.2, 0) is 0 Å². The van der Waals surface area contributed by atoms with Crippen molar-refractivity contribution in [2.24, 2.45) is 0 Å². The van der Waals surface area contributed by atoms with Gasteiger partial charge in [-0.2, -0.15) is 0 Å². The van der Waals surface area contributed by atoms with Crippen molar-refractivity contribution in [3.63, 3.8) is 0 Å². The third-order valence-corrected chi connectivity index (χ3v) is 2.66. The number of halogens is 3. The smallest absolute Gasteiger partial charge is 0.230 e. The summed E-state index contributed by atoms with van der Waals surface area (Å²) in [7, 11) is 0. The zero-order chi connectivity index (χ0) is 14.1. The summed E-state index contributed by atoms with van der Waals surface area (Å²) in [6, 6.07) is 6.78. The topological polar surface area (TPSA) is 35.0 Å². The van der Waals surface area contributed by atoms with Crippen LogP contribution < -0.4 is 4.74 Å². The number of rotatable bonds is 2. The summed E-state index contributed by atoms with van der Waals surface area (Å²) in [4.78, 5) is 7.80. The zero-order valence-electron chi connectivity index (χ0n) is 9.98. The molecule has 2 aromatic carbocycles. The van der Waals surface area contributed by atoms with Crippen LogP contribution in [-0.4, -0.2) is 9.97 Å². The van der Waals surface area contributed by atoms with E-state index in [-0.39, 0.29) is 11.6 Å². The molecule has 0 radical (unpaired) electrons. The van der Waals surface area contributed by atoms with E-state index in [2.05, 4.69) is 9.97 Å². The third-order valence-electron chi connectivity index (χ3n) is 2.66. The van der Waals surface area contributed by atoms with E-state index in [1.807, 2.05) is 0 Å². The second kappa shape index (κ2) is 4.80. The molecule has 1 heterocycles. The standard InChI is InChI=1S/C14H7F3N2O/c15-8-1-3-12-10(5-8)14(19-7-18-12)20-13-4-2-9(16)6-11(13)17/h1-7H. The Kier molecular flexibility index (Phi) is 2.98. The lowest BCUT2D eigenvalue weighted by Crippen LogP contribution is -1.94. The van der Waals surface area contributed by atoms with Gasteiger partial charge in [0.25, 0.3) is 0 Å². The fourth-order valence-electron chi connectivity index (χ4n) is 1.75. The molecule has 0 bridgehead atoms. The van der Waals surface area contributed by atoms with Gasteiger partial charge in [-0.25, -0.2) is 23.1 Å². The average Bonchev–Trinajstić information content (AvgIpc) is 2.42. The predicted molar refractivity (Wildman–Crippen MR) is 65.9 cm³/mol. The molecule has 1 aromatic heterocycles. The van der Waals surface area contributed by atoms with Gasteiger partial charge in [0, 0.05) is 6.07 Å². The van der Waals surface area contributed by atoms with Crippen LogP contribution in [0, 0.1) is 17.5 Å². The van der Waals surface area contributed by atoms with E-state index in [0.29, 0.717) is 17.0 Å². The highest BCUT2D eigenvalue weighted by molar-refractivity contribution is 5.83. The fraction of sp³-hybridized carbons (Fsp3) is 0. The molecule has 20 heavy (non-hydrogen) atoms. The van der Waals surface area contributed by atoms with Crippen molar-refractivity contribution in [2.75, 3.05) is 0 Å². The predicted octanol–water partition coefficient (Wildman–Crippen LogP) is 3.84. The van der Waals surface area contributed by atoms with Crippen molar-refractivity contribution >= 4 is 10.9 Å². The van der Waals surface area contributed by atoms with E-state index in [1.165, 1.54) is 24.5 Å². The first-order valence-corrected chi connectivity index (χ1v) is 5.66. The molecule has 0 N–H and O–H groups in total. The van der Waals surface area contributed by atoms with Gasteiger partial charge in [0.05, 0.1) is 10.9 Å². The number of ether oxygens (including phenoxy) is 1. The lowest BCUT2D eigenvalue weighted by molar-refractivity contribution is 0.427. The number of benzene rings is 2. The summed E-state index contributed by atoms with van der Waals surface area (Å²) >= 11 is 0. The molecule has 3 aromatic rings. The number of hydrogen-bond donors (Lipinski definition) is 0. The number of aromatic nitrogens is 2. The Morgan fingerprint density at radius 2 is 1.60 bits per heavy atom. The van der Waals surface area contributed by atoms with Crippen LogP contribution in [0.5, 0.6) is 11.6 Å². The summed E-state index contributed by atoms with van der Waals surface area (Å²) in [5.74, 6) is -2.27. The van der Waals surface area contributed by atoms with E-state index in [1.54, 1.807) is 0 Å². The molecule has 0 saturated carbocycles. The van der Waals surface area contributed by atoms with Gasteiger partial charge in [-0.1, -0.05) is 0 Å². The van der Waals surface area contributed by atoms with Gasteiger partial charge in [0.15, 0.2) is 11.6 Å². The molecule has 0 aliphatic rings. The maximum Gasteiger partial charge on any atom is 0.230 e. The molecule has 0 amide bonds. The van der Waals surface area contributed by atoms with Crippen molar-refractivity contribution in [1.29, 1.82) is 0 Å². The molecule has 3 nitrogen and oxygen atoms in total. The van der Waals surface area contributed by atoms with E-state index in [9.17, 15) is 13.2 Å². The number of hydrogen-bond acceptors (Lipinski definition) is 3. The zero-order valence-corrected chi connectivity index (χ0v) is 9.98. The number of nitrogens with zero attached hydrogens (tertiary/aromatic N) is 2. The summed E-state index contributed by atoms with van der Waals surface area (Å²) in [6.07, 6.45) is 1.22. The Hall–Kier alpha value is -2.63. The van der Waals surface area contributed by atoms with Gasteiger partial charge in [-0.15, -0.1) is 0 Å². The van der Waals surface area contributed by atoms with Gasteiger partial charge >= 0.3 is 0 Å². The highest BCUT2D eigenvalue weighted by Gasteiger charge is 2.11. The molecule has 0 spiro atoms. The minimum Gasteiger partial charge on any atom is -0.435 e. The summed E-state index contributed by atoms with van der Waals surface area (Å²) in [5, 5.41) is 0.302. The Labute approximate surface area is 111 Å². The van der Waals surface area contributed by atoms with Crippen LogP contribution >= 0.6 is 0 Å². The minimum absolute atomic E-state index is 0.00000756. The maximum absolute atomic E-state index is 13.5. The first-order valence-electron chi connectivity index (χ1n) is 5.66. The van der Waals surface area contributed by atoms with Gasteiger partial charge in [0.2, 0.25) is 5.88 Å². The van der Waals surface area contributed by atoms with Crippen LogP contribution in [0.1, 0.15) is 0 Å². The van der Waals surface area contributed by atoms with Crippen LogP contribution in [0.25, 0.3) is 10.9 Å². The van der Waals surface area contributed by atoms with Gasteiger partial charge in [-0.05, 0) is 30.3 Å². The largest absolute Gasteiger partial charge is 0.435 e. The Morgan fingerprint density at radius 3 is 2.40 bits per heavy atom. The van der Waals surface area contributed by atoms with Gasteiger partial charge < -0.3 is 4.74 Å². The molecule has 0 atom stereocenters. The SMILES string of the molecule is Fc1ccc(Oc2ncnc3ccc(F)cc23)c(F)c1. The van der Waals surface area contributed by atoms with E-state index < -0.39 is 17.5 Å². The molecule has 0 saturated heterocycles. The van der Waals surface area contributed by atoms with Crippen molar-refractivity contribution < 1.29 is 17.9 Å². The van der Waals surface area contributed by atoms with Gasteiger partial charge in [0.1, 0.15) is 18.0 Å². The highest BCUT2D eigenvalue weighted by atomic mass is 19.1. The molecule has 0 unspecified atom stereocenters. The van der Waals surface area contributed by atoms with Crippen molar-refractivity contribution in [2.45, 2.75) is 0 Å². The van der Waals surface area contributed by atoms with Crippen molar-refractivity contribution in [3.05, 3.63) is 60.2 Å². The lowest BCUT2D eigenvalue weighted by Gasteiger charge is -2.08. The molecule has 0 fully saturated rings. The van der Waals surface area contributed by atoms with E-state index in [0.717, 1.165) is 12.1 Å². The summed E-state index contributed by atoms with van der Waals surface area (Å²) < 4.78 is 44.9. The summed E-state index contributed by atoms with van der Waals surface area (Å²) in [5.41, 5.74) is 0.457. The summed E-state index contributed by atoms with van der Waals surface area (Å²) in [6.45, 7) is 0. The number of fused-ring (bicyclic) bond motifs is 1. The van der Waals surface area contributed by atoms with Crippen LogP contribution in [0.2, 0.25) is 0 Å². The van der Waals surface area contributed by atoms with Crippen molar-refractivity contribution in [3.8, 4) is 11.6 Å². The van der Waals surface area contributed by atoms with Crippen LogP contribution in [0.4, 0.5) is 13.2 Å². The van der Waals surface area contributed by atoms with Crippen LogP contribution in [0.3, 0.4) is 0 Å². The Morgan fingerprint density at radius 1 is 0.850 bits per heavy atom. The second-order valence-corrected chi connectivity index (χ2v) is 4.02. The Balaban J connectivity index is 2.08. The average molecular weight is 276 g/mol. The third kappa shape index (κ3) is 2.27. The first-order chi connectivity index (χ1) is 9.63. The van der Waals surface area contributed by atoms with Crippen LogP contribution in [0.15, 0.2) is 42.7 Å². The molecule has 3 rings (SSSR count). The fourth-order valence-corrected chi connectivity index (χ4v) is 1.75. The Bertz CT molecular complexity index is 792. The highest BCUT2D eigenvalue weighted by Crippen LogP contribution is 2.28. The van der Waals surface area contributed by atoms with E-state index in [4.69, 9.17) is 4.74 Å². The van der Waals surface area contributed by atoms with Gasteiger partial charge in [-0.3, -0.25) is 0 Å². The molecule has 100 valence electrons. The lowest BCUT2D eigenvalue weighted by atomic mass is 10.2. The molecular weight excluding hydrogens is 269 g/mol. The quantitative estimate of drug-likeness (QED) is 0.713.